The van der Waals surface area contributed by atoms with Gasteiger partial charge in [0.15, 0.2) is 0 Å². The molecule has 0 amide bonds. The number of hydrogen-bond donors (Lipinski definition) is 0. The van der Waals surface area contributed by atoms with Crippen LogP contribution in [0.3, 0.4) is 0 Å². The lowest BCUT2D eigenvalue weighted by Gasteiger charge is -2.21. The second-order valence-electron chi connectivity index (χ2n) is 5.66. The van der Waals surface area contributed by atoms with Gasteiger partial charge in [0.2, 0.25) is 11.8 Å². The van der Waals surface area contributed by atoms with E-state index in [0.29, 0.717) is 24.4 Å². The summed E-state index contributed by atoms with van der Waals surface area (Å²) in [6.07, 6.45) is 2.42. The van der Waals surface area contributed by atoms with Gasteiger partial charge in [0, 0.05) is 21.0 Å². The van der Waals surface area contributed by atoms with Gasteiger partial charge >= 0.3 is 0 Å². The Bertz CT molecular complexity index is 787. The average Bonchev–Trinajstić information content (AvgIpc) is 3.29. The monoisotopic (exact) mass is 389 g/mol. The smallest absolute Gasteiger partial charge is 0.247 e. The van der Waals surface area contributed by atoms with Crippen LogP contribution in [0.5, 0.6) is 0 Å². The minimum atomic E-state index is 0.483. The third-order valence-electron chi connectivity index (χ3n) is 4.11. The molecule has 1 atom stereocenters. The topological polar surface area (TPSA) is 42.2 Å². The number of nitrogens with zero attached hydrogens (tertiary/aromatic N) is 3. The van der Waals surface area contributed by atoms with Gasteiger partial charge in [0.1, 0.15) is 0 Å². The molecule has 4 rings (SSSR count). The maximum absolute atomic E-state index is 5.87. The SMILES string of the molecule is Brc1cccc(-c2nnc(CN3CCC[C@H]3c3cccs3)o2)c1. The minimum Gasteiger partial charge on any atom is -0.419 e. The molecule has 0 N–H and O–H groups in total. The highest BCUT2D eigenvalue weighted by Gasteiger charge is 2.28. The van der Waals surface area contributed by atoms with Crippen LogP contribution in [-0.4, -0.2) is 21.6 Å². The van der Waals surface area contributed by atoms with Gasteiger partial charge in [0.05, 0.1) is 6.54 Å². The van der Waals surface area contributed by atoms with Crippen molar-refractivity contribution in [2.75, 3.05) is 6.54 Å². The molecule has 4 nitrogen and oxygen atoms in total. The first-order valence-electron chi connectivity index (χ1n) is 7.65. The van der Waals surface area contributed by atoms with E-state index in [1.54, 1.807) is 0 Å². The van der Waals surface area contributed by atoms with E-state index in [1.807, 2.05) is 35.6 Å². The second-order valence-corrected chi connectivity index (χ2v) is 7.55. The number of aromatic nitrogens is 2. The zero-order valence-electron chi connectivity index (χ0n) is 12.5. The van der Waals surface area contributed by atoms with Crippen LogP contribution in [0, 0.1) is 0 Å². The first-order valence-corrected chi connectivity index (χ1v) is 9.32. The van der Waals surface area contributed by atoms with Crippen LogP contribution in [0.4, 0.5) is 0 Å². The molecule has 1 aliphatic rings. The lowest BCUT2D eigenvalue weighted by atomic mass is 10.2. The van der Waals surface area contributed by atoms with Gasteiger partial charge in [-0.15, -0.1) is 21.5 Å². The maximum Gasteiger partial charge on any atom is 0.247 e. The molecule has 23 heavy (non-hydrogen) atoms. The molecule has 0 unspecified atom stereocenters. The van der Waals surface area contributed by atoms with Crippen LogP contribution < -0.4 is 0 Å². The molecule has 0 spiro atoms. The van der Waals surface area contributed by atoms with E-state index < -0.39 is 0 Å². The van der Waals surface area contributed by atoms with Crippen molar-refractivity contribution in [3.8, 4) is 11.5 Å². The van der Waals surface area contributed by atoms with E-state index in [2.05, 4.69) is 48.5 Å². The fourth-order valence-electron chi connectivity index (χ4n) is 3.05. The lowest BCUT2D eigenvalue weighted by molar-refractivity contribution is 0.227. The zero-order chi connectivity index (χ0) is 15.6. The highest BCUT2D eigenvalue weighted by Crippen LogP contribution is 2.35. The highest BCUT2D eigenvalue weighted by atomic mass is 79.9. The Morgan fingerprint density at radius 3 is 3.04 bits per heavy atom. The molecule has 1 saturated heterocycles. The van der Waals surface area contributed by atoms with Gasteiger partial charge in [-0.25, -0.2) is 0 Å². The maximum atomic E-state index is 5.87. The molecular formula is C17H16BrN3OS. The molecule has 0 saturated carbocycles. The van der Waals surface area contributed by atoms with Crippen LogP contribution in [0.1, 0.15) is 29.7 Å². The first kappa shape index (κ1) is 15.1. The Labute approximate surface area is 147 Å². The largest absolute Gasteiger partial charge is 0.419 e. The van der Waals surface area contributed by atoms with Gasteiger partial charge in [0.25, 0.3) is 0 Å². The van der Waals surface area contributed by atoms with Crippen molar-refractivity contribution in [3.05, 3.63) is 57.0 Å². The summed E-state index contributed by atoms with van der Waals surface area (Å²) in [5.41, 5.74) is 0.939. The van der Waals surface area contributed by atoms with E-state index in [1.165, 1.54) is 17.7 Å². The minimum absolute atomic E-state index is 0.483. The number of benzene rings is 1. The number of likely N-dealkylation sites (tertiary alicyclic amines) is 1. The summed E-state index contributed by atoms with van der Waals surface area (Å²) in [6.45, 7) is 1.79. The summed E-state index contributed by atoms with van der Waals surface area (Å²) in [5.74, 6) is 1.26. The predicted octanol–water partition coefficient (Wildman–Crippen LogP) is 4.90. The summed E-state index contributed by atoms with van der Waals surface area (Å²) in [4.78, 5) is 3.86. The fraction of sp³-hybridized carbons (Fsp3) is 0.294. The van der Waals surface area contributed by atoms with Crippen LogP contribution in [0.15, 0.2) is 50.7 Å². The Morgan fingerprint density at radius 1 is 1.26 bits per heavy atom. The van der Waals surface area contributed by atoms with Crippen molar-refractivity contribution in [1.29, 1.82) is 0 Å². The number of hydrogen-bond acceptors (Lipinski definition) is 5. The second kappa shape index (κ2) is 6.55. The number of thiophene rings is 1. The summed E-state index contributed by atoms with van der Waals surface area (Å²) in [7, 11) is 0. The van der Waals surface area contributed by atoms with Crippen molar-refractivity contribution >= 4 is 27.3 Å². The molecule has 0 bridgehead atoms. The third-order valence-corrected chi connectivity index (χ3v) is 5.58. The van der Waals surface area contributed by atoms with Gasteiger partial charge in [-0.05, 0) is 49.0 Å². The van der Waals surface area contributed by atoms with E-state index in [9.17, 15) is 0 Å². The van der Waals surface area contributed by atoms with Crippen LogP contribution in [0.25, 0.3) is 11.5 Å². The van der Waals surface area contributed by atoms with Crippen LogP contribution >= 0.6 is 27.3 Å². The van der Waals surface area contributed by atoms with Gasteiger partial charge in [-0.3, -0.25) is 4.90 Å². The Morgan fingerprint density at radius 2 is 2.22 bits per heavy atom. The Hall–Kier alpha value is -1.50. The summed E-state index contributed by atoms with van der Waals surface area (Å²) < 4.78 is 6.88. The quantitative estimate of drug-likeness (QED) is 0.636. The Balaban J connectivity index is 1.51. The molecule has 2 aromatic heterocycles. The molecule has 3 aromatic rings. The van der Waals surface area contributed by atoms with E-state index in [4.69, 9.17) is 4.42 Å². The molecule has 118 valence electrons. The third kappa shape index (κ3) is 3.24. The van der Waals surface area contributed by atoms with E-state index in [-0.39, 0.29) is 0 Å². The van der Waals surface area contributed by atoms with Crippen molar-refractivity contribution in [1.82, 2.24) is 15.1 Å². The summed E-state index contributed by atoms with van der Waals surface area (Å²) in [5, 5.41) is 10.6. The molecule has 0 aliphatic carbocycles. The van der Waals surface area contributed by atoms with E-state index >= 15 is 0 Å². The van der Waals surface area contributed by atoms with Gasteiger partial charge in [-0.1, -0.05) is 28.1 Å². The molecule has 1 fully saturated rings. The zero-order valence-corrected chi connectivity index (χ0v) is 14.9. The van der Waals surface area contributed by atoms with Crippen molar-refractivity contribution in [2.24, 2.45) is 0 Å². The van der Waals surface area contributed by atoms with Gasteiger partial charge in [-0.2, -0.15) is 0 Å². The summed E-state index contributed by atoms with van der Waals surface area (Å²) >= 11 is 5.29. The molecule has 1 aromatic carbocycles. The highest BCUT2D eigenvalue weighted by molar-refractivity contribution is 9.10. The van der Waals surface area contributed by atoms with Crippen LogP contribution in [-0.2, 0) is 6.54 Å². The first-order chi connectivity index (χ1) is 11.3. The van der Waals surface area contributed by atoms with Crippen molar-refractivity contribution in [2.45, 2.75) is 25.4 Å². The average molecular weight is 390 g/mol. The molecule has 1 aliphatic heterocycles. The molecule has 6 heteroatoms. The normalized spacial score (nSPS) is 18.6. The van der Waals surface area contributed by atoms with Crippen molar-refractivity contribution < 1.29 is 4.42 Å². The van der Waals surface area contributed by atoms with E-state index in [0.717, 1.165) is 16.6 Å². The van der Waals surface area contributed by atoms with Gasteiger partial charge < -0.3 is 4.42 Å². The number of rotatable bonds is 4. The molecular weight excluding hydrogens is 374 g/mol. The number of halogens is 1. The van der Waals surface area contributed by atoms with Crippen LogP contribution in [0.2, 0.25) is 0 Å². The Kier molecular flexibility index (Phi) is 4.29. The summed E-state index contributed by atoms with van der Waals surface area (Å²) in [6, 6.07) is 12.7. The molecule has 3 heterocycles. The fourth-order valence-corrected chi connectivity index (χ4v) is 4.34. The molecule has 0 radical (unpaired) electrons. The lowest BCUT2D eigenvalue weighted by Crippen LogP contribution is -2.22. The van der Waals surface area contributed by atoms with Crippen molar-refractivity contribution in [3.63, 3.8) is 0 Å². The standard InChI is InChI=1S/C17H16BrN3OS/c18-13-5-1-4-12(10-13)17-20-19-16(22-17)11-21-8-2-6-14(21)15-7-3-9-23-15/h1,3-5,7,9-10,14H,2,6,8,11H2/t14-/m0/s1. The predicted molar refractivity (Wildman–Crippen MR) is 94.1 cm³/mol.